The van der Waals surface area contributed by atoms with E-state index in [1.807, 2.05) is 13.8 Å². The molecule has 0 spiro atoms. The van der Waals surface area contributed by atoms with Crippen molar-refractivity contribution in [3.8, 4) is 0 Å². The van der Waals surface area contributed by atoms with Crippen LogP contribution < -0.4 is 27.0 Å². The maximum absolute atomic E-state index is 12.6. The van der Waals surface area contributed by atoms with Gasteiger partial charge in [0.25, 0.3) is 0 Å². The first-order chi connectivity index (χ1) is 15.5. The molecule has 33 heavy (non-hydrogen) atoms. The molecule has 0 saturated carbocycles. The third-order valence-corrected chi connectivity index (χ3v) is 5.26. The molecule has 0 aromatic heterocycles. The lowest BCUT2D eigenvalue weighted by Crippen LogP contribution is -2.50. The summed E-state index contributed by atoms with van der Waals surface area (Å²) in [6, 6.07) is -0.747. The minimum Gasteiger partial charge on any atom is -0.376 e. The number of ether oxygens (including phenoxy) is 1. The lowest BCUT2D eigenvalue weighted by atomic mass is 10.0. The highest BCUT2D eigenvalue weighted by Gasteiger charge is 2.22. The van der Waals surface area contributed by atoms with Crippen molar-refractivity contribution in [1.29, 1.82) is 0 Å². The average molecular weight is 472 g/mol. The van der Waals surface area contributed by atoms with Gasteiger partial charge in [0.05, 0.1) is 12.1 Å². The average Bonchev–Trinajstić information content (AvgIpc) is 2.70. The van der Waals surface area contributed by atoms with Crippen LogP contribution in [0.2, 0.25) is 0 Å². The Kier molecular flexibility index (Phi) is 16.8. The summed E-state index contributed by atoms with van der Waals surface area (Å²) in [5.41, 5.74) is 5.27. The third kappa shape index (κ3) is 17.4. The molecule has 0 aromatic carbocycles. The van der Waals surface area contributed by atoms with Gasteiger partial charge in [-0.25, -0.2) is 0 Å². The Morgan fingerprint density at radius 2 is 1.67 bits per heavy atom. The molecule has 2 atom stereocenters. The van der Waals surface area contributed by atoms with E-state index in [1.165, 1.54) is 0 Å². The largest absolute Gasteiger partial charge is 0.376 e. The van der Waals surface area contributed by atoms with Crippen LogP contribution in [0, 0.1) is 5.92 Å². The zero-order valence-corrected chi connectivity index (χ0v) is 21.7. The zero-order valence-electron chi connectivity index (χ0n) is 21.7. The number of amides is 3. The predicted molar refractivity (Wildman–Crippen MR) is 133 cm³/mol. The van der Waals surface area contributed by atoms with Crippen molar-refractivity contribution in [3.05, 3.63) is 0 Å². The van der Waals surface area contributed by atoms with Crippen molar-refractivity contribution in [1.82, 2.24) is 21.3 Å². The monoisotopic (exact) mass is 471 g/mol. The fraction of sp³-hybridized carbons (Fsp3) is 0.875. The lowest BCUT2D eigenvalue weighted by Gasteiger charge is -2.26. The second kappa shape index (κ2) is 17.7. The van der Waals surface area contributed by atoms with E-state index in [-0.39, 0.29) is 35.9 Å². The Morgan fingerprint density at radius 1 is 0.970 bits per heavy atom. The van der Waals surface area contributed by atoms with Gasteiger partial charge in [0.2, 0.25) is 17.7 Å². The molecule has 0 bridgehead atoms. The molecule has 0 aliphatic rings. The van der Waals surface area contributed by atoms with E-state index in [9.17, 15) is 14.4 Å². The summed E-state index contributed by atoms with van der Waals surface area (Å²) in [5.74, 6) is -0.190. The topological polar surface area (TPSA) is 135 Å². The molecule has 9 heteroatoms. The number of carbonyl (C=O) groups excluding carboxylic acids is 3. The fourth-order valence-corrected chi connectivity index (χ4v) is 3.10. The van der Waals surface area contributed by atoms with Crippen LogP contribution in [0.25, 0.3) is 0 Å². The van der Waals surface area contributed by atoms with Gasteiger partial charge in [-0.3, -0.25) is 14.4 Å². The van der Waals surface area contributed by atoms with E-state index in [0.29, 0.717) is 44.7 Å². The summed E-state index contributed by atoms with van der Waals surface area (Å²) in [4.78, 5) is 36.7. The van der Waals surface area contributed by atoms with E-state index in [4.69, 9.17) is 10.5 Å². The van der Waals surface area contributed by atoms with Gasteiger partial charge in [0, 0.05) is 19.1 Å². The van der Waals surface area contributed by atoms with Gasteiger partial charge < -0.3 is 31.7 Å². The molecule has 6 N–H and O–H groups in total. The summed E-state index contributed by atoms with van der Waals surface area (Å²) >= 11 is 0. The second-order valence-corrected chi connectivity index (χ2v) is 9.71. The van der Waals surface area contributed by atoms with Gasteiger partial charge in [0.1, 0.15) is 6.04 Å². The molecule has 0 heterocycles. The van der Waals surface area contributed by atoms with Gasteiger partial charge in [0.15, 0.2) is 0 Å². The summed E-state index contributed by atoms with van der Waals surface area (Å²) in [6.07, 6.45) is 4.03. The van der Waals surface area contributed by atoms with E-state index < -0.39 is 6.04 Å². The van der Waals surface area contributed by atoms with Gasteiger partial charge >= 0.3 is 0 Å². The first-order valence-corrected chi connectivity index (χ1v) is 12.4. The molecule has 0 aliphatic heterocycles. The Hall–Kier alpha value is -1.71. The highest BCUT2D eigenvalue weighted by atomic mass is 16.5. The highest BCUT2D eigenvalue weighted by molar-refractivity contribution is 5.90. The molecular weight excluding hydrogens is 422 g/mol. The van der Waals surface area contributed by atoms with Crippen LogP contribution in [0.1, 0.15) is 80.1 Å². The first-order valence-electron chi connectivity index (χ1n) is 12.4. The summed E-state index contributed by atoms with van der Waals surface area (Å²) in [7, 11) is 0. The quantitative estimate of drug-likeness (QED) is 0.181. The van der Waals surface area contributed by atoms with Crippen LogP contribution >= 0.6 is 0 Å². The smallest absolute Gasteiger partial charge is 0.243 e. The minimum absolute atomic E-state index is 0.0535. The number of hydrogen-bond acceptors (Lipinski definition) is 6. The number of hydrogen-bond donors (Lipinski definition) is 5. The standard InChI is InChI=1S/C24H49N5O4/c1-7-8-21(30)29-20(23(32)27-17-22(31)28-19(4)9-13-25)10-14-26-15-12-24(5,6)33-16-11-18(2)3/h18-20,26H,7-17,25H2,1-6H3,(H,27,32)(H,28,31)(H,29,30)/t19-,20+/m1/s1. The molecule has 0 aromatic rings. The normalized spacial score (nSPS) is 13.5. The highest BCUT2D eigenvalue weighted by Crippen LogP contribution is 2.15. The van der Waals surface area contributed by atoms with E-state index in [1.54, 1.807) is 0 Å². The minimum atomic E-state index is -0.693. The van der Waals surface area contributed by atoms with Crippen molar-refractivity contribution in [2.24, 2.45) is 11.7 Å². The van der Waals surface area contributed by atoms with Gasteiger partial charge in [-0.2, -0.15) is 0 Å². The molecule has 194 valence electrons. The van der Waals surface area contributed by atoms with E-state index in [0.717, 1.165) is 26.0 Å². The van der Waals surface area contributed by atoms with E-state index >= 15 is 0 Å². The molecule has 0 radical (unpaired) electrons. The van der Waals surface area contributed by atoms with Gasteiger partial charge in [-0.05, 0) is 78.4 Å². The Balaban J connectivity index is 4.51. The fourth-order valence-electron chi connectivity index (χ4n) is 3.10. The van der Waals surface area contributed by atoms with Crippen molar-refractivity contribution < 1.29 is 19.1 Å². The molecule has 9 nitrogen and oxygen atoms in total. The Labute approximate surface area is 200 Å². The third-order valence-electron chi connectivity index (χ3n) is 5.26. The summed E-state index contributed by atoms with van der Waals surface area (Å²) in [6.45, 7) is 14.7. The summed E-state index contributed by atoms with van der Waals surface area (Å²) < 4.78 is 5.98. The van der Waals surface area contributed by atoms with Crippen LogP contribution in [0.4, 0.5) is 0 Å². The number of nitrogens with two attached hydrogens (primary N) is 1. The number of nitrogens with one attached hydrogen (secondary N) is 4. The number of rotatable bonds is 19. The van der Waals surface area contributed by atoms with E-state index in [2.05, 4.69) is 49.0 Å². The van der Waals surface area contributed by atoms with Crippen LogP contribution in [0.3, 0.4) is 0 Å². The second-order valence-electron chi connectivity index (χ2n) is 9.71. The lowest BCUT2D eigenvalue weighted by molar-refractivity contribution is -0.130. The van der Waals surface area contributed by atoms with Crippen molar-refractivity contribution in [3.63, 3.8) is 0 Å². The molecule has 0 unspecified atom stereocenters. The number of carbonyl (C=O) groups is 3. The van der Waals surface area contributed by atoms with Gasteiger partial charge in [-0.15, -0.1) is 0 Å². The van der Waals surface area contributed by atoms with Crippen LogP contribution in [0.15, 0.2) is 0 Å². The maximum atomic E-state index is 12.6. The molecule has 0 aliphatic carbocycles. The molecule has 0 rings (SSSR count). The first kappa shape index (κ1) is 31.3. The Bertz CT molecular complexity index is 569. The SMILES string of the molecule is CCCC(=O)N[C@@H](CCNCCC(C)(C)OCCC(C)C)C(=O)NCC(=O)N[C@H](C)CCN. The molecule has 0 fully saturated rings. The zero-order chi connectivity index (χ0) is 25.3. The predicted octanol–water partition coefficient (Wildman–Crippen LogP) is 1.45. The molecule has 3 amide bonds. The van der Waals surface area contributed by atoms with Crippen molar-refractivity contribution in [2.45, 2.75) is 97.8 Å². The molecular formula is C24H49N5O4. The van der Waals surface area contributed by atoms with Crippen LogP contribution in [-0.4, -0.2) is 68.2 Å². The van der Waals surface area contributed by atoms with Crippen molar-refractivity contribution in [2.75, 3.05) is 32.8 Å². The van der Waals surface area contributed by atoms with Crippen LogP contribution in [0.5, 0.6) is 0 Å². The van der Waals surface area contributed by atoms with Crippen LogP contribution in [-0.2, 0) is 19.1 Å². The van der Waals surface area contributed by atoms with Gasteiger partial charge in [-0.1, -0.05) is 20.8 Å². The molecule has 0 saturated heterocycles. The Morgan fingerprint density at radius 3 is 2.27 bits per heavy atom. The maximum Gasteiger partial charge on any atom is 0.243 e. The van der Waals surface area contributed by atoms with Crippen molar-refractivity contribution >= 4 is 17.7 Å². The summed E-state index contributed by atoms with van der Waals surface area (Å²) in [5, 5.41) is 11.5.